The first kappa shape index (κ1) is 16.9. The minimum atomic E-state index is -0.348. The van der Waals surface area contributed by atoms with Crippen LogP contribution in [0.25, 0.3) is 0 Å². The van der Waals surface area contributed by atoms with Crippen molar-refractivity contribution in [1.29, 1.82) is 0 Å². The predicted octanol–water partition coefficient (Wildman–Crippen LogP) is 0.317. The number of aromatic nitrogens is 3. The van der Waals surface area contributed by atoms with Crippen molar-refractivity contribution >= 4 is 11.8 Å². The third-order valence-corrected chi connectivity index (χ3v) is 3.93. The number of hydrogen-bond donors (Lipinski definition) is 1. The Morgan fingerprint density at radius 3 is 3.08 bits per heavy atom. The number of hydrogen-bond acceptors (Lipinski definition) is 7. The molecule has 9 nitrogen and oxygen atoms in total. The number of amides is 2. The van der Waals surface area contributed by atoms with Crippen molar-refractivity contribution in [3.63, 3.8) is 0 Å². The van der Waals surface area contributed by atoms with Crippen molar-refractivity contribution in [2.75, 3.05) is 19.7 Å². The first-order chi connectivity index (χ1) is 12.1. The van der Waals surface area contributed by atoms with E-state index in [9.17, 15) is 9.59 Å². The molecule has 2 aromatic rings. The molecule has 0 bridgehead atoms. The van der Waals surface area contributed by atoms with Gasteiger partial charge in [-0.1, -0.05) is 11.2 Å². The van der Waals surface area contributed by atoms with E-state index < -0.39 is 0 Å². The number of carbonyl (C=O) groups excluding carboxylic acids is 2. The van der Waals surface area contributed by atoms with Crippen molar-refractivity contribution in [1.82, 2.24) is 25.5 Å². The summed E-state index contributed by atoms with van der Waals surface area (Å²) in [5.41, 5.74) is 1.50. The highest BCUT2D eigenvalue weighted by Crippen LogP contribution is 2.20. The molecule has 3 heterocycles. The Morgan fingerprint density at radius 2 is 2.36 bits per heavy atom. The molecule has 0 unspecified atom stereocenters. The Hall–Kier alpha value is -2.97. The van der Waals surface area contributed by atoms with E-state index in [2.05, 4.69) is 25.2 Å². The number of pyridine rings is 1. The van der Waals surface area contributed by atoms with E-state index in [0.717, 1.165) is 5.56 Å². The Balaban J connectivity index is 1.42. The standard InChI is InChI=1S/C16H19N5O4/c1-11-16(20-25-19-11)24-6-5-18-15(23)13-7-14(22)21(10-13)9-12-3-2-4-17-8-12/h2-4,8,13H,5-7,9-10H2,1H3,(H,18,23)/t13-/m1/s1. The van der Waals surface area contributed by atoms with E-state index in [1.165, 1.54) is 0 Å². The summed E-state index contributed by atoms with van der Waals surface area (Å²) >= 11 is 0. The van der Waals surface area contributed by atoms with Crippen LogP contribution in [0.2, 0.25) is 0 Å². The molecule has 3 rings (SSSR count). The third kappa shape index (κ3) is 4.31. The van der Waals surface area contributed by atoms with Gasteiger partial charge in [0.2, 0.25) is 11.8 Å². The summed E-state index contributed by atoms with van der Waals surface area (Å²) in [6.45, 7) is 3.16. The highest BCUT2D eigenvalue weighted by molar-refractivity contribution is 5.89. The minimum Gasteiger partial charge on any atom is -0.472 e. The summed E-state index contributed by atoms with van der Waals surface area (Å²) in [6.07, 6.45) is 3.63. The van der Waals surface area contributed by atoms with Crippen LogP contribution in [0.4, 0.5) is 0 Å². The van der Waals surface area contributed by atoms with Crippen molar-refractivity contribution in [2.45, 2.75) is 19.9 Å². The first-order valence-electron chi connectivity index (χ1n) is 8.00. The Labute approximate surface area is 144 Å². The van der Waals surface area contributed by atoms with Crippen LogP contribution in [-0.2, 0) is 16.1 Å². The molecule has 25 heavy (non-hydrogen) atoms. The van der Waals surface area contributed by atoms with Crippen LogP contribution in [0.1, 0.15) is 17.7 Å². The molecule has 0 aliphatic carbocycles. The second-order valence-electron chi connectivity index (χ2n) is 5.83. The number of ether oxygens (including phenoxy) is 1. The number of nitrogens with zero attached hydrogens (tertiary/aromatic N) is 4. The van der Waals surface area contributed by atoms with Gasteiger partial charge >= 0.3 is 0 Å². The topological polar surface area (TPSA) is 110 Å². The van der Waals surface area contributed by atoms with Crippen LogP contribution in [0.5, 0.6) is 5.88 Å². The number of rotatable bonds is 7. The van der Waals surface area contributed by atoms with Crippen LogP contribution >= 0.6 is 0 Å². The van der Waals surface area contributed by atoms with E-state index in [1.54, 1.807) is 24.2 Å². The normalized spacial score (nSPS) is 16.9. The summed E-state index contributed by atoms with van der Waals surface area (Å²) in [6, 6.07) is 3.73. The van der Waals surface area contributed by atoms with Crippen LogP contribution in [0, 0.1) is 12.8 Å². The molecule has 0 aromatic carbocycles. The molecule has 132 valence electrons. The molecule has 1 atom stereocenters. The lowest BCUT2D eigenvalue weighted by molar-refractivity contribution is -0.129. The van der Waals surface area contributed by atoms with Crippen LogP contribution in [0.3, 0.4) is 0 Å². The quantitative estimate of drug-likeness (QED) is 0.719. The molecule has 0 saturated carbocycles. The predicted molar refractivity (Wildman–Crippen MR) is 85.3 cm³/mol. The van der Waals surface area contributed by atoms with E-state index in [1.807, 2.05) is 12.1 Å². The van der Waals surface area contributed by atoms with E-state index in [4.69, 9.17) is 4.74 Å². The Bertz CT molecular complexity index is 733. The maximum atomic E-state index is 12.2. The van der Waals surface area contributed by atoms with Gasteiger partial charge in [-0.2, -0.15) is 0 Å². The smallest absolute Gasteiger partial charge is 0.278 e. The summed E-state index contributed by atoms with van der Waals surface area (Å²) in [4.78, 5) is 30.0. The summed E-state index contributed by atoms with van der Waals surface area (Å²) in [5, 5.41) is 9.97. The fourth-order valence-corrected chi connectivity index (χ4v) is 2.63. The second kappa shape index (κ2) is 7.73. The van der Waals surface area contributed by atoms with Crippen molar-refractivity contribution in [2.24, 2.45) is 5.92 Å². The summed E-state index contributed by atoms with van der Waals surface area (Å²) in [5.74, 6) is -0.210. The lowest BCUT2D eigenvalue weighted by Crippen LogP contribution is -2.35. The molecule has 1 aliphatic rings. The first-order valence-corrected chi connectivity index (χ1v) is 8.00. The number of nitrogens with one attached hydrogen (secondary N) is 1. The monoisotopic (exact) mass is 345 g/mol. The molecular weight excluding hydrogens is 326 g/mol. The highest BCUT2D eigenvalue weighted by Gasteiger charge is 2.34. The van der Waals surface area contributed by atoms with Crippen LogP contribution < -0.4 is 10.1 Å². The Morgan fingerprint density at radius 1 is 1.48 bits per heavy atom. The SMILES string of the molecule is Cc1nonc1OCCNC(=O)[C@@H]1CC(=O)N(Cc2cccnc2)C1. The van der Waals surface area contributed by atoms with Crippen molar-refractivity contribution < 1.29 is 19.0 Å². The number of carbonyl (C=O) groups is 2. The molecule has 0 radical (unpaired) electrons. The summed E-state index contributed by atoms with van der Waals surface area (Å²) < 4.78 is 9.86. The minimum absolute atomic E-state index is 0.0236. The van der Waals surface area contributed by atoms with Crippen molar-refractivity contribution in [3.8, 4) is 5.88 Å². The van der Waals surface area contributed by atoms with Gasteiger partial charge in [-0.15, -0.1) is 0 Å². The molecule has 2 amide bonds. The largest absolute Gasteiger partial charge is 0.472 e. The molecule has 9 heteroatoms. The van der Waals surface area contributed by atoms with Gasteiger partial charge in [-0.3, -0.25) is 14.6 Å². The zero-order chi connectivity index (χ0) is 17.6. The van der Waals surface area contributed by atoms with Crippen molar-refractivity contribution in [3.05, 3.63) is 35.8 Å². The highest BCUT2D eigenvalue weighted by atomic mass is 16.6. The van der Waals surface area contributed by atoms with Gasteiger partial charge in [0.15, 0.2) is 0 Å². The lowest BCUT2D eigenvalue weighted by atomic mass is 10.1. The van der Waals surface area contributed by atoms with Crippen LogP contribution in [0.15, 0.2) is 29.2 Å². The molecular formula is C16H19N5O4. The van der Waals surface area contributed by atoms with Gasteiger partial charge in [0.05, 0.1) is 12.5 Å². The maximum Gasteiger partial charge on any atom is 0.278 e. The third-order valence-electron chi connectivity index (χ3n) is 3.93. The number of aryl methyl sites for hydroxylation is 1. The molecule has 1 N–H and O–H groups in total. The van der Waals surface area contributed by atoms with Gasteiger partial charge in [0, 0.05) is 31.9 Å². The average molecular weight is 345 g/mol. The van der Waals surface area contributed by atoms with Gasteiger partial charge in [-0.25, -0.2) is 4.63 Å². The molecule has 2 aromatic heterocycles. The zero-order valence-corrected chi connectivity index (χ0v) is 13.8. The fourth-order valence-electron chi connectivity index (χ4n) is 2.63. The van der Waals surface area contributed by atoms with E-state index >= 15 is 0 Å². The summed E-state index contributed by atoms with van der Waals surface area (Å²) in [7, 11) is 0. The van der Waals surface area contributed by atoms with E-state index in [0.29, 0.717) is 31.2 Å². The number of likely N-dealkylation sites (tertiary alicyclic amines) is 1. The molecule has 1 aliphatic heterocycles. The van der Waals surface area contributed by atoms with Gasteiger partial charge in [-0.05, 0) is 23.7 Å². The molecule has 1 fully saturated rings. The van der Waals surface area contributed by atoms with Crippen LogP contribution in [-0.4, -0.2) is 51.7 Å². The lowest BCUT2D eigenvalue weighted by Gasteiger charge is -2.16. The molecule has 0 spiro atoms. The van der Waals surface area contributed by atoms with Gasteiger partial charge < -0.3 is 15.0 Å². The Kier molecular flexibility index (Phi) is 5.22. The van der Waals surface area contributed by atoms with Gasteiger partial charge in [0.1, 0.15) is 12.3 Å². The van der Waals surface area contributed by atoms with Gasteiger partial charge in [0.25, 0.3) is 5.88 Å². The fraction of sp³-hybridized carbons (Fsp3) is 0.438. The maximum absolute atomic E-state index is 12.2. The zero-order valence-electron chi connectivity index (χ0n) is 13.8. The second-order valence-corrected chi connectivity index (χ2v) is 5.83. The average Bonchev–Trinajstić information content (AvgIpc) is 3.18. The molecule has 1 saturated heterocycles. The van der Waals surface area contributed by atoms with E-state index in [-0.39, 0.29) is 30.8 Å².